The molecule has 2 aromatic carbocycles. The third-order valence-electron chi connectivity index (χ3n) is 3.62. The van der Waals surface area contributed by atoms with Gasteiger partial charge in [0.05, 0.1) is 10.5 Å². The van der Waals surface area contributed by atoms with Crippen molar-refractivity contribution in [1.82, 2.24) is 4.72 Å². The molecule has 6 nitrogen and oxygen atoms in total. The number of aromatic carboxylic acids is 1. The maximum absolute atomic E-state index is 12.6. The van der Waals surface area contributed by atoms with Crippen molar-refractivity contribution >= 4 is 21.7 Å². The van der Waals surface area contributed by atoms with Gasteiger partial charge in [0.1, 0.15) is 0 Å². The topological polar surface area (TPSA) is 95.5 Å². The van der Waals surface area contributed by atoms with Crippen molar-refractivity contribution in [3.05, 3.63) is 59.2 Å². The lowest BCUT2D eigenvalue weighted by Crippen LogP contribution is -2.40. The highest BCUT2D eigenvalue weighted by atomic mass is 32.2. The number of nitrogens with one attached hydrogen (secondary N) is 2. The molecule has 0 aliphatic heterocycles. The van der Waals surface area contributed by atoms with Crippen LogP contribution in [0.5, 0.6) is 0 Å². The molecule has 0 aliphatic rings. The molecule has 26 heavy (non-hydrogen) atoms. The quantitative estimate of drug-likeness (QED) is 0.718. The Kier molecular flexibility index (Phi) is 5.73. The second-order valence-electron chi connectivity index (χ2n) is 7.19. The van der Waals surface area contributed by atoms with Crippen LogP contribution in [0, 0.1) is 6.92 Å². The van der Waals surface area contributed by atoms with Crippen LogP contribution in [0.25, 0.3) is 0 Å². The van der Waals surface area contributed by atoms with Gasteiger partial charge in [-0.3, -0.25) is 0 Å². The number of sulfonamides is 1. The smallest absolute Gasteiger partial charge is 0.335 e. The van der Waals surface area contributed by atoms with Crippen LogP contribution in [-0.4, -0.2) is 25.0 Å². The SMILES string of the molecule is Cc1ccc(NCc2ccc(C(=O)O)cc2)cc1S(=O)(=O)NC(C)(C)C. The molecule has 0 aliphatic carbocycles. The number of carboxylic acid groups (broad SMARTS) is 1. The van der Waals surface area contributed by atoms with E-state index in [1.54, 1.807) is 52.0 Å². The molecule has 0 amide bonds. The summed E-state index contributed by atoms with van der Waals surface area (Å²) in [7, 11) is -3.62. The first-order valence-electron chi connectivity index (χ1n) is 8.19. The molecule has 0 fully saturated rings. The van der Waals surface area contributed by atoms with Crippen molar-refractivity contribution in [1.29, 1.82) is 0 Å². The van der Waals surface area contributed by atoms with Crippen molar-refractivity contribution in [3.8, 4) is 0 Å². The van der Waals surface area contributed by atoms with Crippen molar-refractivity contribution in [2.45, 2.75) is 44.7 Å². The number of benzene rings is 2. The molecule has 0 saturated carbocycles. The third kappa shape index (κ3) is 5.31. The molecule has 0 unspecified atom stereocenters. The highest BCUT2D eigenvalue weighted by molar-refractivity contribution is 7.89. The first kappa shape index (κ1) is 19.9. The fourth-order valence-corrected chi connectivity index (χ4v) is 4.12. The van der Waals surface area contributed by atoms with Crippen LogP contribution in [0.2, 0.25) is 0 Å². The van der Waals surface area contributed by atoms with E-state index in [1.165, 1.54) is 12.1 Å². The Morgan fingerprint density at radius 2 is 1.69 bits per heavy atom. The maximum atomic E-state index is 12.6. The molecule has 3 N–H and O–H groups in total. The van der Waals surface area contributed by atoms with Gasteiger partial charge in [0.2, 0.25) is 10.0 Å². The molecule has 7 heteroatoms. The summed E-state index contributed by atoms with van der Waals surface area (Å²) < 4.78 is 27.9. The Hall–Kier alpha value is -2.38. The molecule has 0 heterocycles. The van der Waals surface area contributed by atoms with E-state index in [0.29, 0.717) is 17.8 Å². The van der Waals surface area contributed by atoms with Crippen LogP contribution in [0.4, 0.5) is 5.69 Å². The number of rotatable bonds is 6. The van der Waals surface area contributed by atoms with E-state index >= 15 is 0 Å². The average molecular weight is 376 g/mol. The molecule has 0 radical (unpaired) electrons. The number of aryl methyl sites for hydroxylation is 1. The summed E-state index contributed by atoms with van der Waals surface area (Å²) >= 11 is 0. The van der Waals surface area contributed by atoms with Crippen molar-refractivity contribution in [2.75, 3.05) is 5.32 Å². The zero-order valence-electron chi connectivity index (χ0n) is 15.3. The van der Waals surface area contributed by atoms with Gasteiger partial charge in [0.25, 0.3) is 0 Å². The van der Waals surface area contributed by atoms with Gasteiger partial charge < -0.3 is 10.4 Å². The van der Waals surface area contributed by atoms with Gasteiger partial charge in [0.15, 0.2) is 0 Å². The largest absolute Gasteiger partial charge is 0.478 e. The molecular weight excluding hydrogens is 352 g/mol. The summed E-state index contributed by atoms with van der Waals surface area (Å²) in [4.78, 5) is 11.1. The molecule has 140 valence electrons. The van der Waals surface area contributed by atoms with Crippen LogP contribution < -0.4 is 10.0 Å². The maximum Gasteiger partial charge on any atom is 0.335 e. The molecule has 2 aromatic rings. The van der Waals surface area contributed by atoms with E-state index in [1.807, 2.05) is 6.07 Å². The number of anilines is 1. The lowest BCUT2D eigenvalue weighted by Gasteiger charge is -2.21. The van der Waals surface area contributed by atoms with E-state index in [0.717, 1.165) is 5.56 Å². The third-order valence-corrected chi connectivity index (χ3v) is 5.52. The fraction of sp³-hybridized carbons (Fsp3) is 0.316. The van der Waals surface area contributed by atoms with E-state index in [4.69, 9.17) is 5.11 Å². The predicted octanol–water partition coefficient (Wildman–Crippen LogP) is 3.38. The molecule has 0 bridgehead atoms. The van der Waals surface area contributed by atoms with Crippen LogP contribution in [0.3, 0.4) is 0 Å². The van der Waals surface area contributed by atoms with E-state index < -0.39 is 21.5 Å². The minimum absolute atomic E-state index is 0.228. The molecular formula is C19H24N2O4S. The van der Waals surface area contributed by atoms with Crippen LogP contribution >= 0.6 is 0 Å². The number of hydrogen-bond donors (Lipinski definition) is 3. The van der Waals surface area contributed by atoms with Gasteiger partial charge in [0, 0.05) is 17.8 Å². The second-order valence-corrected chi connectivity index (χ2v) is 8.84. The molecule has 0 atom stereocenters. The Morgan fingerprint density at radius 1 is 1.08 bits per heavy atom. The Balaban J connectivity index is 2.18. The summed E-state index contributed by atoms with van der Waals surface area (Å²) in [5.41, 5.74) is 1.89. The Morgan fingerprint density at radius 3 is 2.23 bits per heavy atom. The minimum Gasteiger partial charge on any atom is -0.478 e. The number of hydrogen-bond acceptors (Lipinski definition) is 4. The zero-order valence-corrected chi connectivity index (χ0v) is 16.1. The highest BCUT2D eigenvalue weighted by Crippen LogP contribution is 2.22. The lowest BCUT2D eigenvalue weighted by molar-refractivity contribution is 0.0697. The summed E-state index contributed by atoms with van der Waals surface area (Å²) in [6.45, 7) is 7.59. The van der Waals surface area contributed by atoms with E-state index in [9.17, 15) is 13.2 Å². The summed E-state index contributed by atoms with van der Waals surface area (Å²) in [5, 5.41) is 12.1. The monoisotopic (exact) mass is 376 g/mol. The van der Waals surface area contributed by atoms with Crippen LogP contribution in [0.1, 0.15) is 42.3 Å². The highest BCUT2D eigenvalue weighted by Gasteiger charge is 2.23. The number of carbonyl (C=O) groups is 1. The molecule has 0 saturated heterocycles. The molecule has 0 aromatic heterocycles. The average Bonchev–Trinajstić information content (AvgIpc) is 2.52. The zero-order chi connectivity index (χ0) is 19.5. The van der Waals surface area contributed by atoms with Gasteiger partial charge >= 0.3 is 5.97 Å². The first-order valence-corrected chi connectivity index (χ1v) is 9.67. The van der Waals surface area contributed by atoms with Crippen LogP contribution in [0.15, 0.2) is 47.4 Å². The normalized spacial score (nSPS) is 12.0. The van der Waals surface area contributed by atoms with Crippen molar-refractivity contribution in [3.63, 3.8) is 0 Å². The number of carboxylic acids is 1. The first-order chi connectivity index (χ1) is 12.0. The Bertz CT molecular complexity index is 898. The van der Waals surface area contributed by atoms with Gasteiger partial charge in [-0.15, -0.1) is 0 Å². The standard InChI is InChI=1S/C19H24N2O4S/c1-13-5-10-16(11-17(13)26(24,25)21-19(2,3)4)20-12-14-6-8-15(9-7-14)18(22)23/h5-11,20-21H,12H2,1-4H3,(H,22,23). The van der Waals surface area contributed by atoms with Crippen LogP contribution in [-0.2, 0) is 16.6 Å². The van der Waals surface area contributed by atoms with E-state index in [-0.39, 0.29) is 10.5 Å². The van der Waals surface area contributed by atoms with Gasteiger partial charge in [-0.05, 0) is 63.1 Å². The molecule has 0 spiro atoms. The minimum atomic E-state index is -3.62. The predicted molar refractivity (Wildman–Crippen MR) is 102 cm³/mol. The molecule has 2 rings (SSSR count). The lowest BCUT2D eigenvalue weighted by atomic mass is 10.1. The van der Waals surface area contributed by atoms with Gasteiger partial charge in [-0.2, -0.15) is 0 Å². The van der Waals surface area contributed by atoms with Gasteiger partial charge in [-0.1, -0.05) is 18.2 Å². The fourth-order valence-electron chi connectivity index (χ4n) is 2.43. The Labute approximate surface area is 154 Å². The van der Waals surface area contributed by atoms with Crippen molar-refractivity contribution in [2.24, 2.45) is 0 Å². The summed E-state index contributed by atoms with van der Waals surface area (Å²) in [5.74, 6) is -0.968. The summed E-state index contributed by atoms with van der Waals surface area (Å²) in [6, 6.07) is 11.7. The van der Waals surface area contributed by atoms with Crippen molar-refractivity contribution < 1.29 is 18.3 Å². The van der Waals surface area contributed by atoms with Gasteiger partial charge in [-0.25, -0.2) is 17.9 Å². The second kappa shape index (κ2) is 7.47. The summed E-state index contributed by atoms with van der Waals surface area (Å²) in [6.07, 6.45) is 0. The van der Waals surface area contributed by atoms with E-state index in [2.05, 4.69) is 10.0 Å².